The van der Waals surface area contributed by atoms with Gasteiger partial charge in [-0.1, -0.05) is 6.07 Å². The fourth-order valence-electron chi connectivity index (χ4n) is 3.77. The van der Waals surface area contributed by atoms with Crippen molar-refractivity contribution < 1.29 is 13.9 Å². The lowest BCUT2D eigenvalue weighted by molar-refractivity contribution is 0.0932. The number of fused-ring (bicyclic) bond motifs is 2. The van der Waals surface area contributed by atoms with Crippen molar-refractivity contribution in [2.45, 2.75) is 26.0 Å². The SMILES string of the molecule is C[C@H]1CNC(=O)c2cnn3c(N)c(-c4cccnc4)c(nc23)N[C@H](C)c2cc(F)cnc2O1. The monoisotopic (exact) mass is 448 g/mol. The van der Waals surface area contributed by atoms with Gasteiger partial charge in [0.25, 0.3) is 5.91 Å². The van der Waals surface area contributed by atoms with Crippen molar-refractivity contribution in [2.24, 2.45) is 0 Å². The Bertz CT molecular complexity index is 1360. The van der Waals surface area contributed by atoms with Crippen LogP contribution in [0.2, 0.25) is 0 Å². The highest BCUT2D eigenvalue weighted by Crippen LogP contribution is 2.36. The third-order valence-corrected chi connectivity index (χ3v) is 5.41. The van der Waals surface area contributed by atoms with E-state index in [2.05, 4.69) is 25.7 Å². The molecule has 0 fully saturated rings. The van der Waals surface area contributed by atoms with E-state index >= 15 is 0 Å². The highest BCUT2D eigenvalue weighted by Gasteiger charge is 2.25. The summed E-state index contributed by atoms with van der Waals surface area (Å²) in [6, 6.07) is 4.52. The van der Waals surface area contributed by atoms with Crippen LogP contribution in [-0.4, -0.2) is 43.1 Å². The van der Waals surface area contributed by atoms with Crippen molar-refractivity contribution in [2.75, 3.05) is 17.6 Å². The Morgan fingerprint density at radius 3 is 2.91 bits per heavy atom. The van der Waals surface area contributed by atoms with Crippen molar-refractivity contribution >= 4 is 23.2 Å². The van der Waals surface area contributed by atoms with Gasteiger partial charge in [-0.15, -0.1) is 0 Å². The second-order valence-electron chi connectivity index (χ2n) is 7.81. The minimum absolute atomic E-state index is 0.201. The molecule has 0 unspecified atom stereocenters. The van der Waals surface area contributed by atoms with Crippen LogP contribution in [0.15, 0.2) is 43.0 Å². The zero-order valence-electron chi connectivity index (χ0n) is 17.9. The summed E-state index contributed by atoms with van der Waals surface area (Å²) in [5, 5.41) is 10.4. The predicted molar refractivity (Wildman–Crippen MR) is 119 cm³/mol. The van der Waals surface area contributed by atoms with E-state index in [1.165, 1.54) is 16.8 Å². The number of nitrogens with zero attached hydrogens (tertiary/aromatic N) is 5. The van der Waals surface area contributed by atoms with E-state index in [0.717, 1.165) is 6.20 Å². The summed E-state index contributed by atoms with van der Waals surface area (Å²) in [5.74, 6) is 0.0607. The minimum atomic E-state index is -0.496. The van der Waals surface area contributed by atoms with Gasteiger partial charge in [0.1, 0.15) is 29.1 Å². The van der Waals surface area contributed by atoms with E-state index in [1.54, 1.807) is 25.4 Å². The van der Waals surface area contributed by atoms with Gasteiger partial charge in [-0.05, 0) is 26.0 Å². The van der Waals surface area contributed by atoms with Gasteiger partial charge in [0.15, 0.2) is 5.65 Å². The highest BCUT2D eigenvalue weighted by molar-refractivity contribution is 6.01. The molecular formula is C22H21FN8O2. The number of rotatable bonds is 1. The number of hydrogen-bond donors (Lipinski definition) is 3. The van der Waals surface area contributed by atoms with E-state index in [4.69, 9.17) is 15.5 Å². The van der Waals surface area contributed by atoms with Gasteiger partial charge in [0.2, 0.25) is 5.88 Å². The van der Waals surface area contributed by atoms with Crippen LogP contribution in [0.3, 0.4) is 0 Å². The number of ether oxygens (including phenoxy) is 1. The number of pyridine rings is 2. The minimum Gasteiger partial charge on any atom is -0.473 e. The second-order valence-corrected chi connectivity index (χ2v) is 7.81. The van der Waals surface area contributed by atoms with Gasteiger partial charge in [0, 0.05) is 23.5 Å². The molecule has 0 aliphatic carbocycles. The Morgan fingerprint density at radius 2 is 2.12 bits per heavy atom. The van der Waals surface area contributed by atoms with Crippen molar-refractivity contribution in [3.8, 4) is 17.0 Å². The standard InChI is InChI=1S/C22H21FN8O2/c1-11-7-26-21(32)16-10-28-31-18(24)17(13-4-3-5-25-8-13)19(30-20(16)31)29-12(2)15-6-14(23)9-27-22(15)33-11/h3-6,8-12H,7,24H2,1-2H3,(H,26,32)(H,29,30)/t11-,12+/m0/s1. The Labute approximate surface area is 188 Å². The summed E-state index contributed by atoms with van der Waals surface area (Å²) < 4.78 is 21.5. The molecule has 11 heteroatoms. The van der Waals surface area contributed by atoms with Crippen LogP contribution >= 0.6 is 0 Å². The third kappa shape index (κ3) is 3.67. The first-order valence-electron chi connectivity index (χ1n) is 10.4. The van der Waals surface area contributed by atoms with Crippen LogP contribution in [-0.2, 0) is 0 Å². The zero-order chi connectivity index (χ0) is 23.1. The third-order valence-electron chi connectivity index (χ3n) is 5.41. The first-order valence-corrected chi connectivity index (χ1v) is 10.4. The molecule has 4 aromatic heterocycles. The Hall–Kier alpha value is -4.28. The fourth-order valence-corrected chi connectivity index (χ4v) is 3.77. The van der Waals surface area contributed by atoms with Gasteiger partial charge < -0.3 is 21.1 Å². The maximum Gasteiger partial charge on any atom is 0.256 e. The van der Waals surface area contributed by atoms with E-state index < -0.39 is 18.0 Å². The van der Waals surface area contributed by atoms with Gasteiger partial charge in [-0.2, -0.15) is 9.61 Å². The van der Waals surface area contributed by atoms with Crippen LogP contribution in [0.25, 0.3) is 16.8 Å². The van der Waals surface area contributed by atoms with Crippen LogP contribution in [0.1, 0.15) is 35.8 Å². The summed E-state index contributed by atoms with van der Waals surface area (Å²) in [4.78, 5) is 25.9. The van der Waals surface area contributed by atoms with Crippen LogP contribution < -0.4 is 21.1 Å². The second kappa shape index (κ2) is 8.01. The van der Waals surface area contributed by atoms with Crippen molar-refractivity contribution in [3.63, 3.8) is 0 Å². The van der Waals surface area contributed by atoms with Gasteiger partial charge in [-0.3, -0.25) is 9.78 Å². The van der Waals surface area contributed by atoms with E-state index in [0.29, 0.717) is 22.5 Å². The number of nitrogens with two attached hydrogens (primary N) is 1. The Balaban J connectivity index is 1.75. The normalized spacial score (nSPS) is 18.3. The van der Waals surface area contributed by atoms with E-state index in [1.807, 2.05) is 13.0 Å². The molecule has 0 radical (unpaired) electrons. The molecule has 1 aliphatic rings. The number of hydrogen-bond acceptors (Lipinski definition) is 8. The molecule has 10 nitrogen and oxygen atoms in total. The molecule has 0 spiro atoms. The lowest BCUT2D eigenvalue weighted by atomic mass is 10.1. The number of halogens is 1. The molecule has 33 heavy (non-hydrogen) atoms. The zero-order valence-corrected chi connectivity index (χ0v) is 17.9. The maximum atomic E-state index is 14.1. The molecule has 168 valence electrons. The summed E-state index contributed by atoms with van der Waals surface area (Å²) in [5.41, 5.74) is 8.81. The van der Waals surface area contributed by atoms with Gasteiger partial charge >= 0.3 is 0 Å². The molecule has 1 aliphatic heterocycles. The van der Waals surface area contributed by atoms with Crippen molar-refractivity contribution in [1.29, 1.82) is 0 Å². The molecule has 1 amide bonds. The van der Waals surface area contributed by atoms with Crippen LogP contribution in [0.4, 0.5) is 16.0 Å². The highest BCUT2D eigenvalue weighted by atomic mass is 19.1. The fraction of sp³-hybridized carbons (Fsp3) is 0.227. The van der Waals surface area contributed by atoms with Crippen molar-refractivity contribution in [1.82, 2.24) is 29.9 Å². The molecule has 0 saturated carbocycles. The lowest BCUT2D eigenvalue weighted by Gasteiger charge is -2.22. The van der Waals surface area contributed by atoms with Gasteiger partial charge in [-0.25, -0.2) is 14.4 Å². The number of carbonyl (C=O) groups excluding carboxylic acids is 1. The van der Waals surface area contributed by atoms with Crippen LogP contribution in [0, 0.1) is 5.82 Å². The molecule has 5 heterocycles. The molecule has 4 aromatic rings. The summed E-state index contributed by atoms with van der Waals surface area (Å²) in [7, 11) is 0. The van der Waals surface area contributed by atoms with Crippen LogP contribution in [0.5, 0.6) is 5.88 Å². The smallest absolute Gasteiger partial charge is 0.256 e. The van der Waals surface area contributed by atoms with E-state index in [9.17, 15) is 9.18 Å². The summed E-state index contributed by atoms with van der Waals surface area (Å²) in [6.45, 7) is 3.83. The van der Waals surface area contributed by atoms with Crippen molar-refractivity contribution in [3.05, 3.63) is 59.9 Å². The van der Waals surface area contributed by atoms with E-state index in [-0.39, 0.29) is 35.4 Å². The number of nitrogen functional groups attached to an aromatic ring is 1. The molecular weight excluding hydrogens is 427 g/mol. The number of anilines is 2. The number of carbonyl (C=O) groups is 1. The molecule has 5 rings (SSSR count). The first-order chi connectivity index (χ1) is 15.9. The predicted octanol–water partition coefficient (Wildman–Crippen LogP) is 2.59. The molecule has 2 atom stereocenters. The first kappa shape index (κ1) is 20.6. The maximum absolute atomic E-state index is 14.1. The number of aromatic nitrogens is 5. The average Bonchev–Trinajstić information content (AvgIpc) is 3.23. The topological polar surface area (TPSA) is 132 Å². The largest absolute Gasteiger partial charge is 0.473 e. The summed E-state index contributed by atoms with van der Waals surface area (Å²) in [6.07, 6.45) is 5.40. The lowest BCUT2D eigenvalue weighted by Crippen LogP contribution is -2.34. The molecule has 4 N–H and O–H groups in total. The van der Waals surface area contributed by atoms with Gasteiger partial charge in [0.05, 0.1) is 30.5 Å². The Kier molecular flexibility index (Phi) is 5.00. The quantitative estimate of drug-likeness (QED) is 0.405. The average molecular weight is 448 g/mol. The molecule has 2 bridgehead atoms. The molecule has 0 aromatic carbocycles. The Morgan fingerprint density at radius 1 is 1.27 bits per heavy atom. The number of amides is 1. The number of nitrogens with one attached hydrogen (secondary N) is 2. The molecule has 0 saturated heterocycles. The summed E-state index contributed by atoms with van der Waals surface area (Å²) >= 11 is 0.